The minimum Gasteiger partial charge on any atom is -0.293 e. The molecule has 0 amide bonds. The highest BCUT2D eigenvalue weighted by molar-refractivity contribution is 5.17. The molecule has 0 bridgehead atoms. The predicted octanol–water partition coefficient (Wildman–Crippen LogP) is 1.85. The zero-order valence-electron chi connectivity index (χ0n) is 8.78. The smallest absolute Gasteiger partial charge is 0.228 e. The van der Waals surface area contributed by atoms with E-state index < -0.39 is 0 Å². The molecule has 13 heavy (non-hydrogen) atoms. The summed E-state index contributed by atoms with van der Waals surface area (Å²) in [5, 5.41) is 0. The van der Waals surface area contributed by atoms with Crippen molar-refractivity contribution in [3.05, 3.63) is 30.2 Å². The largest absolute Gasteiger partial charge is 0.293 e. The number of hydrogen-bond acceptors (Lipinski definition) is 2. The molecular weight excluding hydrogens is 162 g/mol. The zero-order valence-corrected chi connectivity index (χ0v) is 8.78. The number of hydrogen-bond donors (Lipinski definition) is 0. The van der Waals surface area contributed by atoms with Crippen LogP contribution in [0.25, 0.3) is 6.20 Å². The fourth-order valence-electron chi connectivity index (χ4n) is 0.844. The van der Waals surface area contributed by atoms with Crippen LogP contribution in [0.1, 0.15) is 19.4 Å². The average Bonchev–Trinajstić information content (AvgIpc) is 2.20. The Morgan fingerprint density at radius 1 is 1.54 bits per heavy atom. The van der Waals surface area contributed by atoms with E-state index >= 15 is 0 Å². The maximum atomic E-state index is 4.09. The molecule has 0 saturated heterocycles. The van der Waals surface area contributed by atoms with Crippen molar-refractivity contribution in [3.8, 4) is 0 Å². The average molecular weight is 179 g/mol. The van der Waals surface area contributed by atoms with E-state index in [0.29, 0.717) is 5.62 Å². The molecule has 0 unspecified atom stereocenters. The minimum atomic E-state index is 0.672. The Morgan fingerprint density at radius 3 is 2.62 bits per heavy atom. The van der Waals surface area contributed by atoms with Gasteiger partial charge in [0.05, 0.1) is 0 Å². The molecule has 0 aliphatic carbocycles. The Balaban J connectivity index is 0.000000671. The van der Waals surface area contributed by atoms with Crippen LogP contribution in [0.4, 0.5) is 0 Å². The fourth-order valence-corrected chi connectivity index (χ4v) is 0.844. The summed E-state index contributed by atoms with van der Waals surface area (Å²) in [6, 6.07) is 0. The van der Waals surface area contributed by atoms with Gasteiger partial charge in [-0.1, -0.05) is 20.4 Å². The lowest BCUT2D eigenvalue weighted by Gasteiger charge is -1.99. The molecule has 0 aromatic carbocycles. The van der Waals surface area contributed by atoms with Gasteiger partial charge in [-0.3, -0.25) is 9.56 Å². The lowest BCUT2D eigenvalue weighted by molar-refractivity contribution is 0.888. The van der Waals surface area contributed by atoms with Gasteiger partial charge in [0.2, 0.25) is 5.62 Å². The second kappa shape index (κ2) is 6.17. The molecule has 0 saturated carbocycles. The van der Waals surface area contributed by atoms with Crippen molar-refractivity contribution >= 4 is 6.20 Å². The first-order chi connectivity index (χ1) is 6.27. The van der Waals surface area contributed by atoms with Crippen molar-refractivity contribution in [2.75, 3.05) is 7.05 Å². The topological polar surface area (TPSA) is 30.2 Å². The van der Waals surface area contributed by atoms with Gasteiger partial charge in [-0.2, -0.15) is 0 Å². The highest BCUT2D eigenvalue weighted by atomic mass is 15.1. The van der Waals surface area contributed by atoms with Gasteiger partial charge in [0.1, 0.15) is 0 Å². The van der Waals surface area contributed by atoms with Gasteiger partial charge in [-0.15, -0.1) is 0 Å². The van der Waals surface area contributed by atoms with Crippen LogP contribution >= 0.6 is 0 Å². The van der Waals surface area contributed by atoms with E-state index in [4.69, 9.17) is 0 Å². The van der Waals surface area contributed by atoms with Gasteiger partial charge in [-0.05, 0) is 12.5 Å². The number of aryl methyl sites for hydroxylation is 1. The number of aromatic nitrogens is 2. The quantitative estimate of drug-likeness (QED) is 0.647. The fraction of sp³-hybridized carbons (Fsp3) is 0.400. The van der Waals surface area contributed by atoms with E-state index in [1.54, 1.807) is 24.0 Å². The van der Waals surface area contributed by atoms with Crippen LogP contribution in [0.3, 0.4) is 0 Å². The molecular formula is C10H17N3. The summed E-state index contributed by atoms with van der Waals surface area (Å²) in [5.41, 5.74) is 1.77. The third-order valence-corrected chi connectivity index (χ3v) is 1.35. The Labute approximate surface area is 79.5 Å². The van der Waals surface area contributed by atoms with Gasteiger partial charge in [0.25, 0.3) is 0 Å². The van der Waals surface area contributed by atoms with Crippen LogP contribution in [-0.4, -0.2) is 16.6 Å². The van der Waals surface area contributed by atoms with Gasteiger partial charge >= 0.3 is 0 Å². The van der Waals surface area contributed by atoms with Gasteiger partial charge in [0.15, 0.2) is 0 Å². The van der Waals surface area contributed by atoms with Crippen molar-refractivity contribution in [1.29, 1.82) is 0 Å². The third-order valence-electron chi connectivity index (χ3n) is 1.35. The molecule has 0 atom stereocenters. The van der Waals surface area contributed by atoms with Crippen LogP contribution < -0.4 is 5.62 Å². The Kier molecular flexibility index (Phi) is 5.52. The molecule has 3 nitrogen and oxygen atoms in total. The first-order valence-electron chi connectivity index (χ1n) is 4.38. The summed E-state index contributed by atoms with van der Waals surface area (Å²) >= 11 is 0. The molecule has 0 aliphatic heterocycles. The first-order valence-corrected chi connectivity index (χ1v) is 4.38. The molecule has 0 aliphatic rings. The van der Waals surface area contributed by atoms with E-state index in [9.17, 15) is 0 Å². The lowest BCUT2D eigenvalue weighted by atomic mass is 10.4. The van der Waals surface area contributed by atoms with Crippen LogP contribution in [-0.2, 0) is 0 Å². The maximum absolute atomic E-state index is 4.09. The van der Waals surface area contributed by atoms with Gasteiger partial charge in [0, 0.05) is 25.6 Å². The summed E-state index contributed by atoms with van der Waals surface area (Å²) in [4.78, 5) is 8.06. The molecule has 0 N–H and O–H groups in total. The van der Waals surface area contributed by atoms with Crippen LogP contribution in [0, 0.1) is 6.92 Å². The van der Waals surface area contributed by atoms with Crippen molar-refractivity contribution in [1.82, 2.24) is 9.55 Å². The molecule has 1 aromatic rings. The summed E-state index contributed by atoms with van der Waals surface area (Å²) in [6.07, 6.45) is 5.40. The lowest BCUT2D eigenvalue weighted by Crippen LogP contribution is -2.19. The van der Waals surface area contributed by atoms with E-state index in [1.807, 2.05) is 27.0 Å². The molecule has 3 heteroatoms. The Hall–Kier alpha value is -1.38. The third kappa shape index (κ3) is 3.23. The SMILES string of the molecule is C=Cn1cc(C)cnc1=NC.CC. The van der Waals surface area contributed by atoms with Gasteiger partial charge < -0.3 is 0 Å². The van der Waals surface area contributed by atoms with Crippen molar-refractivity contribution < 1.29 is 0 Å². The molecule has 0 spiro atoms. The second-order valence-corrected chi connectivity index (χ2v) is 2.24. The zero-order chi connectivity index (χ0) is 10.3. The molecule has 0 fully saturated rings. The van der Waals surface area contributed by atoms with Crippen LogP contribution in [0.5, 0.6) is 0 Å². The summed E-state index contributed by atoms with van der Waals surface area (Å²) in [7, 11) is 1.71. The van der Waals surface area contributed by atoms with E-state index in [0.717, 1.165) is 5.56 Å². The number of rotatable bonds is 1. The van der Waals surface area contributed by atoms with Crippen molar-refractivity contribution in [2.45, 2.75) is 20.8 Å². The minimum absolute atomic E-state index is 0.672. The molecule has 1 rings (SSSR count). The Bertz CT molecular complexity index is 323. The van der Waals surface area contributed by atoms with Crippen LogP contribution in [0.2, 0.25) is 0 Å². The summed E-state index contributed by atoms with van der Waals surface area (Å²) < 4.78 is 1.79. The molecule has 1 aromatic heterocycles. The van der Waals surface area contributed by atoms with Crippen LogP contribution in [0.15, 0.2) is 24.0 Å². The van der Waals surface area contributed by atoms with E-state index in [2.05, 4.69) is 16.6 Å². The standard InChI is InChI=1S/C8H11N3.C2H6/c1-4-11-6-7(2)5-10-8(11)9-3;1-2/h4-6H,1H2,2-3H3;1-2H3. The highest BCUT2D eigenvalue weighted by Crippen LogP contribution is 1.88. The maximum Gasteiger partial charge on any atom is 0.228 e. The molecule has 0 radical (unpaired) electrons. The van der Waals surface area contributed by atoms with E-state index in [-0.39, 0.29) is 0 Å². The summed E-state index contributed by atoms with van der Waals surface area (Å²) in [5.74, 6) is 0. The Morgan fingerprint density at radius 2 is 2.15 bits per heavy atom. The van der Waals surface area contributed by atoms with Gasteiger partial charge in [-0.25, -0.2) is 4.98 Å². The summed E-state index contributed by atoms with van der Waals surface area (Å²) in [6.45, 7) is 9.62. The molecule has 72 valence electrons. The predicted molar refractivity (Wildman–Crippen MR) is 56.2 cm³/mol. The highest BCUT2D eigenvalue weighted by Gasteiger charge is 1.88. The first kappa shape index (κ1) is 11.6. The number of nitrogens with zero attached hydrogens (tertiary/aromatic N) is 3. The van der Waals surface area contributed by atoms with Crippen molar-refractivity contribution in [3.63, 3.8) is 0 Å². The second-order valence-electron chi connectivity index (χ2n) is 2.24. The normalized spacial score (nSPS) is 10.3. The van der Waals surface area contributed by atoms with Crippen molar-refractivity contribution in [2.24, 2.45) is 4.99 Å². The van der Waals surface area contributed by atoms with E-state index in [1.165, 1.54) is 0 Å². The monoisotopic (exact) mass is 179 g/mol. The molecule has 1 heterocycles.